The predicted molar refractivity (Wildman–Crippen MR) is 76.8 cm³/mol. The molecule has 0 radical (unpaired) electrons. The summed E-state index contributed by atoms with van der Waals surface area (Å²) in [5.74, 6) is -2.67. The molecule has 0 aliphatic heterocycles. The number of halogens is 3. The summed E-state index contributed by atoms with van der Waals surface area (Å²) in [6.45, 7) is -0.178. The fourth-order valence-corrected chi connectivity index (χ4v) is 2.05. The molecule has 0 unspecified atom stereocenters. The number of rotatable bonds is 4. The van der Waals surface area contributed by atoms with Crippen molar-refractivity contribution < 1.29 is 23.4 Å². The molecule has 0 bridgehead atoms. The van der Waals surface area contributed by atoms with Crippen LogP contribution in [0, 0.1) is 15.2 Å². The van der Waals surface area contributed by atoms with Crippen molar-refractivity contribution in [3.8, 4) is 5.75 Å². The Kier molecular flexibility index (Phi) is 4.53. The maximum atomic E-state index is 13.5. The number of benzene rings is 2. The van der Waals surface area contributed by atoms with E-state index in [-0.39, 0.29) is 17.7 Å². The van der Waals surface area contributed by atoms with Gasteiger partial charge in [0, 0.05) is 5.56 Å². The summed E-state index contributed by atoms with van der Waals surface area (Å²) in [6, 6.07) is 8.19. The number of aromatic carboxylic acids is 1. The Morgan fingerprint density at radius 3 is 2.70 bits per heavy atom. The maximum absolute atomic E-state index is 13.5. The fraction of sp³-hybridized carbons (Fsp3) is 0.0714. The largest absolute Gasteiger partial charge is 0.488 e. The number of carboxylic acids is 1. The van der Waals surface area contributed by atoms with Gasteiger partial charge in [-0.25, -0.2) is 13.6 Å². The molecule has 0 spiro atoms. The average molecular weight is 390 g/mol. The minimum absolute atomic E-state index is 0.0696. The van der Waals surface area contributed by atoms with Crippen LogP contribution in [-0.2, 0) is 6.61 Å². The molecule has 3 nitrogen and oxygen atoms in total. The number of hydrogen-bond acceptors (Lipinski definition) is 2. The molecule has 20 heavy (non-hydrogen) atoms. The molecule has 0 saturated heterocycles. The second-order valence-electron chi connectivity index (χ2n) is 3.95. The van der Waals surface area contributed by atoms with Crippen molar-refractivity contribution >= 4 is 28.6 Å². The van der Waals surface area contributed by atoms with Gasteiger partial charge < -0.3 is 9.84 Å². The fourth-order valence-electron chi connectivity index (χ4n) is 1.56. The van der Waals surface area contributed by atoms with Crippen molar-refractivity contribution in [1.82, 2.24) is 0 Å². The first-order chi connectivity index (χ1) is 9.49. The Morgan fingerprint density at radius 2 is 2.00 bits per heavy atom. The molecule has 0 amide bonds. The Hall–Kier alpha value is -1.70. The normalized spacial score (nSPS) is 10.3. The van der Waals surface area contributed by atoms with Crippen LogP contribution in [0.25, 0.3) is 0 Å². The van der Waals surface area contributed by atoms with E-state index >= 15 is 0 Å². The lowest BCUT2D eigenvalue weighted by Crippen LogP contribution is -2.03. The van der Waals surface area contributed by atoms with Gasteiger partial charge in [-0.3, -0.25) is 0 Å². The van der Waals surface area contributed by atoms with Crippen molar-refractivity contribution in [1.29, 1.82) is 0 Å². The van der Waals surface area contributed by atoms with Crippen molar-refractivity contribution in [2.24, 2.45) is 0 Å². The summed E-state index contributed by atoms with van der Waals surface area (Å²) in [5, 5.41) is 8.90. The first-order valence-corrected chi connectivity index (χ1v) is 6.65. The molecule has 1 N–H and O–H groups in total. The predicted octanol–water partition coefficient (Wildman–Crippen LogP) is 3.85. The van der Waals surface area contributed by atoms with Crippen molar-refractivity contribution in [2.45, 2.75) is 6.61 Å². The summed E-state index contributed by atoms with van der Waals surface area (Å²) < 4.78 is 32.6. The van der Waals surface area contributed by atoms with Crippen LogP contribution in [0.15, 0.2) is 36.4 Å². The minimum Gasteiger partial charge on any atom is -0.488 e. The molecule has 0 aromatic heterocycles. The molecule has 2 rings (SSSR count). The summed E-state index contributed by atoms with van der Waals surface area (Å²) in [4.78, 5) is 10.9. The highest BCUT2D eigenvalue weighted by molar-refractivity contribution is 14.1. The van der Waals surface area contributed by atoms with E-state index in [9.17, 15) is 13.6 Å². The van der Waals surface area contributed by atoms with Crippen molar-refractivity contribution in [2.75, 3.05) is 0 Å². The van der Waals surface area contributed by atoms with Crippen LogP contribution in [0.1, 0.15) is 15.9 Å². The quantitative estimate of drug-likeness (QED) is 0.808. The number of carboxylic acid groups (broad SMARTS) is 1. The third-order valence-corrected chi connectivity index (χ3v) is 3.48. The topological polar surface area (TPSA) is 46.5 Å². The van der Waals surface area contributed by atoms with Crippen molar-refractivity contribution in [3.63, 3.8) is 0 Å². The van der Waals surface area contributed by atoms with E-state index in [0.717, 1.165) is 6.07 Å². The lowest BCUT2D eigenvalue weighted by molar-refractivity contribution is 0.0696. The smallest absolute Gasteiger partial charge is 0.335 e. The molecule has 0 aliphatic rings. The van der Waals surface area contributed by atoms with Crippen molar-refractivity contribution in [3.05, 3.63) is 62.7 Å². The molecular formula is C14H9F2IO3. The van der Waals surface area contributed by atoms with Crippen LogP contribution in [0.5, 0.6) is 5.75 Å². The van der Waals surface area contributed by atoms with Gasteiger partial charge in [-0.1, -0.05) is 12.1 Å². The highest BCUT2D eigenvalue weighted by Gasteiger charge is 2.11. The zero-order chi connectivity index (χ0) is 14.7. The van der Waals surface area contributed by atoms with E-state index in [4.69, 9.17) is 9.84 Å². The van der Waals surface area contributed by atoms with Gasteiger partial charge >= 0.3 is 5.97 Å². The van der Waals surface area contributed by atoms with E-state index in [1.807, 2.05) is 22.6 Å². The van der Waals surface area contributed by atoms with E-state index in [0.29, 0.717) is 9.32 Å². The molecule has 0 heterocycles. The van der Waals surface area contributed by atoms with Gasteiger partial charge in [0.15, 0.2) is 11.6 Å². The third kappa shape index (κ3) is 3.24. The SMILES string of the molecule is O=C(O)c1ccc(I)c(OCc2cccc(F)c2F)c1. The molecule has 6 heteroatoms. The monoisotopic (exact) mass is 390 g/mol. The van der Waals surface area contributed by atoms with Crippen LogP contribution in [0.3, 0.4) is 0 Å². The molecule has 2 aromatic carbocycles. The second-order valence-corrected chi connectivity index (χ2v) is 5.11. The van der Waals surface area contributed by atoms with E-state index in [1.165, 1.54) is 24.3 Å². The number of hydrogen-bond donors (Lipinski definition) is 1. The second kappa shape index (κ2) is 6.17. The molecule has 0 atom stereocenters. The van der Waals surface area contributed by atoms with E-state index in [1.54, 1.807) is 6.07 Å². The molecule has 0 saturated carbocycles. The lowest BCUT2D eigenvalue weighted by atomic mass is 10.2. The first kappa shape index (κ1) is 14.7. The standard InChI is InChI=1S/C14H9F2IO3/c15-10-3-1-2-9(13(10)16)7-20-12-6-8(14(18)19)4-5-11(12)17/h1-6H,7H2,(H,18,19). The third-order valence-electron chi connectivity index (χ3n) is 2.59. The Bertz CT molecular complexity index is 659. The average Bonchev–Trinajstić information content (AvgIpc) is 2.41. The molecule has 0 fully saturated rings. The molecule has 2 aromatic rings. The Labute approximate surface area is 127 Å². The van der Waals surface area contributed by atoms with Gasteiger partial charge in [0.25, 0.3) is 0 Å². The van der Waals surface area contributed by atoms with E-state index < -0.39 is 17.6 Å². The van der Waals surface area contributed by atoms with Crippen LogP contribution in [-0.4, -0.2) is 11.1 Å². The molecule has 104 valence electrons. The number of carbonyl (C=O) groups is 1. The van der Waals surface area contributed by atoms with Gasteiger partial charge in [0.05, 0.1) is 9.13 Å². The van der Waals surface area contributed by atoms with E-state index in [2.05, 4.69) is 0 Å². The first-order valence-electron chi connectivity index (χ1n) is 5.57. The summed E-state index contributed by atoms with van der Waals surface area (Å²) in [5.41, 5.74) is 0.140. The summed E-state index contributed by atoms with van der Waals surface area (Å²) >= 11 is 1.97. The van der Waals surface area contributed by atoms with Gasteiger partial charge in [-0.05, 0) is 46.9 Å². The Balaban J connectivity index is 2.20. The van der Waals surface area contributed by atoms with Gasteiger partial charge in [-0.15, -0.1) is 0 Å². The minimum atomic E-state index is -1.08. The lowest BCUT2D eigenvalue weighted by Gasteiger charge is -2.10. The van der Waals surface area contributed by atoms with Gasteiger partial charge in [0.2, 0.25) is 0 Å². The molecular weight excluding hydrogens is 381 g/mol. The Morgan fingerprint density at radius 1 is 1.25 bits per heavy atom. The van der Waals surface area contributed by atoms with Crippen LogP contribution >= 0.6 is 22.6 Å². The van der Waals surface area contributed by atoms with Crippen LogP contribution < -0.4 is 4.74 Å². The zero-order valence-corrected chi connectivity index (χ0v) is 12.2. The highest BCUT2D eigenvalue weighted by Crippen LogP contribution is 2.24. The maximum Gasteiger partial charge on any atom is 0.335 e. The molecule has 0 aliphatic carbocycles. The zero-order valence-electron chi connectivity index (χ0n) is 10.1. The summed E-state index contributed by atoms with van der Waals surface area (Å²) in [7, 11) is 0. The van der Waals surface area contributed by atoms with Gasteiger partial charge in [-0.2, -0.15) is 0 Å². The van der Waals surface area contributed by atoms with Crippen LogP contribution in [0.4, 0.5) is 8.78 Å². The number of ether oxygens (including phenoxy) is 1. The highest BCUT2D eigenvalue weighted by atomic mass is 127. The summed E-state index contributed by atoms with van der Waals surface area (Å²) in [6.07, 6.45) is 0. The van der Waals surface area contributed by atoms with Gasteiger partial charge in [0.1, 0.15) is 12.4 Å². The van der Waals surface area contributed by atoms with Crippen LogP contribution in [0.2, 0.25) is 0 Å².